The van der Waals surface area contributed by atoms with Crippen LogP contribution in [-0.4, -0.2) is 48.1 Å². The van der Waals surface area contributed by atoms with Crippen molar-refractivity contribution in [3.63, 3.8) is 0 Å². The zero-order valence-electron chi connectivity index (χ0n) is 24.0. The Morgan fingerprint density at radius 2 is 1.59 bits per heavy atom. The zero-order chi connectivity index (χ0) is 30.0. The summed E-state index contributed by atoms with van der Waals surface area (Å²) in [7, 11) is 1.55. The lowest BCUT2D eigenvalue weighted by atomic mass is 9.99. The van der Waals surface area contributed by atoms with Crippen molar-refractivity contribution in [3.05, 3.63) is 95.6 Å². The van der Waals surface area contributed by atoms with Crippen LogP contribution >= 0.6 is 0 Å². The molecular formula is C32H36N4O5. The summed E-state index contributed by atoms with van der Waals surface area (Å²) in [6, 6.07) is 22.8. The number of anilines is 1. The second kappa shape index (κ2) is 14.0. The lowest BCUT2D eigenvalue weighted by molar-refractivity contribution is -0.140. The third-order valence-electron chi connectivity index (χ3n) is 6.11. The first kappa shape index (κ1) is 30.7. The van der Waals surface area contributed by atoms with Gasteiger partial charge in [0.25, 0.3) is 5.91 Å². The molecule has 3 rings (SSSR count). The van der Waals surface area contributed by atoms with Crippen molar-refractivity contribution < 1.29 is 23.9 Å². The van der Waals surface area contributed by atoms with Crippen LogP contribution in [0.1, 0.15) is 43.5 Å². The van der Waals surface area contributed by atoms with E-state index in [-0.39, 0.29) is 6.42 Å². The lowest BCUT2D eigenvalue weighted by Crippen LogP contribution is -2.53. The second-order valence-corrected chi connectivity index (χ2v) is 10.5. The molecule has 0 aliphatic carbocycles. The summed E-state index contributed by atoms with van der Waals surface area (Å²) in [6.07, 6.45) is -0.653. The van der Waals surface area contributed by atoms with Gasteiger partial charge >= 0.3 is 6.09 Å². The Morgan fingerprint density at radius 1 is 0.951 bits per heavy atom. The predicted molar refractivity (Wildman–Crippen MR) is 156 cm³/mol. The predicted octanol–water partition coefficient (Wildman–Crippen LogP) is 5.17. The van der Waals surface area contributed by atoms with Gasteiger partial charge in [-0.1, -0.05) is 60.2 Å². The molecule has 0 bridgehead atoms. The minimum atomic E-state index is -1.16. The Bertz CT molecular complexity index is 1360. The van der Waals surface area contributed by atoms with Crippen LogP contribution in [0, 0.1) is 18.3 Å². The van der Waals surface area contributed by atoms with E-state index < -0.39 is 42.1 Å². The van der Waals surface area contributed by atoms with E-state index in [1.807, 2.05) is 55.5 Å². The molecule has 41 heavy (non-hydrogen) atoms. The topological polar surface area (TPSA) is 121 Å². The van der Waals surface area contributed by atoms with Gasteiger partial charge in [-0.25, -0.2) is 4.79 Å². The van der Waals surface area contributed by atoms with Gasteiger partial charge in [-0.15, -0.1) is 0 Å². The van der Waals surface area contributed by atoms with Crippen LogP contribution in [-0.2, 0) is 20.7 Å². The molecule has 0 aliphatic rings. The number of alkyl carbamates (subject to hydrolysis) is 1. The molecule has 2 unspecified atom stereocenters. The largest absolute Gasteiger partial charge is 0.497 e. The maximum atomic E-state index is 14.2. The number of aryl methyl sites for hydroxylation is 1. The van der Waals surface area contributed by atoms with Crippen molar-refractivity contribution in [1.82, 2.24) is 10.2 Å². The second-order valence-electron chi connectivity index (χ2n) is 10.5. The van der Waals surface area contributed by atoms with Gasteiger partial charge in [0.05, 0.1) is 13.2 Å². The van der Waals surface area contributed by atoms with Gasteiger partial charge < -0.3 is 25.0 Å². The molecule has 0 saturated carbocycles. The first-order chi connectivity index (χ1) is 19.5. The summed E-state index contributed by atoms with van der Waals surface area (Å²) < 4.78 is 10.6. The van der Waals surface area contributed by atoms with E-state index in [1.165, 1.54) is 4.90 Å². The Hall–Kier alpha value is -4.84. The third kappa shape index (κ3) is 9.11. The Balaban J connectivity index is 2.01. The molecule has 3 aromatic rings. The highest BCUT2D eigenvalue weighted by molar-refractivity contribution is 5.99. The Labute approximate surface area is 241 Å². The third-order valence-corrected chi connectivity index (χ3v) is 6.11. The van der Waals surface area contributed by atoms with Crippen LogP contribution in [0.15, 0.2) is 78.9 Å². The van der Waals surface area contributed by atoms with Crippen LogP contribution in [0.5, 0.6) is 5.75 Å². The van der Waals surface area contributed by atoms with E-state index in [9.17, 15) is 19.6 Å². The summed E-state index contributed by atoms with van der Waals surface area (Å²) >= 11 is 0. The van der Waals surface area contributed by atoms with E-state index in [0.717, 1.165) is 11.1 Å². The van der Waals surface area contributed by atoms with Crippen LogP contribution in [0.25, 0.3) is 0 Å². The first-order valence-corrected chi connectivity index (χ1v) is 13.2. The number of nitrogens with zero attached hydrogens (tertiary/aromatic N) is 2. The minimum absolute atomic E-state index is 0.127. The SMILES string of the molecule is COc1ccc(NC(=O)C(c2ccc(C)cc2)N(CC#N)C(=O)C(Cc2ccccc2)NC(=O)OC(C)(C)C)cc1. The van der Waals surface area contributed by atoms with E-state index in [4.69, 9.17) is 9.47 Å². The molecule has 9 heteroatoms. The molecule has 0 radical (unpaired) electrons. The molecule has 0 spiro atoms. The number of carbonyl (C=O) groups excluding carboxylic acids is 3. The average Bonchev–Trinajstić information content (AvgIpc) is 2.93. The molecule has 0 heterocycles. The Morgan fingerprint density at radius 3 is 2.15 bits per heavy atom. The van der Waals surface area contributed by atoms with Crippen LogP contribution < -0.4 is 15.4 Å². The van der Waals surface area contributed by atoms with Crippen molar-refractivity contribution in [2.24, 2.45) is 0 Å². The fourth-order valence-corrected chi connectivity index (χ4v) is 4.18. The summed E-state index contributed by atoms with van der Waals surface area (Å²) in [5.41, 5.74) is 1.97. The minimum Gasteiger partial charge on any atom is -0.497 e. The molecule has 3 aromatic carbocycles. The molecular weight excluding hydrogens is 520 g/mol. The standard InChI is InChI=1S/C32H36N4O5/c1-22-11-13-24(14-12-22)28(29(37)34-25-15-17-26(40-5)18-16-25)36(20-19-33)30(38)27(21-23-9-7-6-8-10-23)35-31(39)41-32(2,3)4/h6-18,27-28H,20-21H2,1-5H3,(H,34,37)(H,35,39). The number of amides is 3. The fourth-order valence-electron chi connectivity index (χ4n) is 4.18. The van der Waals surface area contributed by atoms with Crippen molar-refractivity contribution in [2.45, 2.75) is 51.8 Å². The number of rotatable bonds is 10. The normalized spacial score (nSPS) is 12.3. The number of hydrogen-bond acceptors (Lipinski definition) is 6. The summed E-state index contributed by atoms with van der Waals surface area (Å²) in [6.45, 7) is 6.68. The quantitative estimate of drug-likeness (QED) is 0.332. The van der Waals surface area contributed by atoms with Gasteiger partial charge in [-0.2, -0.15) is 5.26 Å². The van der Waals surface area contributed by atoms with Crippen LogP contribution in [0.4, 0.5) is 10.5 Å². The number of benzene rings is 3. The number of methoxy groups -OCH3 is 1. The number of carbonyl (C=O) groups is 3. The summed E-state index contributed by atoms with van der Waals surface area (Å²) in [5, 5.41) is 15.3. The smallest absolute Gasteiger partial charge is 0.408 e. The highest BCUT2D eigenvalue weighted by Crippen LogP contribution is 2.26. The monoisotopic (exact) mass is 556 g/mol. The zero-order valence-corrected chi connectivity index (χ0v) is 24.0. The van der Waals surface area contributed by atoms with Crippen molar-refractivity contribution >= 4 is 23.6 Å². The molecule has 2 N–H and O–H groups in total. The number of ether oxygens (including phenoxy) is 2. The highest BCUT2D eigenvalue weighted by atomic mass is 16.6. The number of nitrogens with one attached hydrogen (secondary N) is 2. The average molecular weight is 557 g/mol. The highest BCUT2D eigenvalue weighted by Gasteiger charge is 2.36. The van der Waals surface area contributed by atoms with Crippen LogP contribution in [0.2, 0.25) is 0 Å². The molecule has 9 nitrogen and oxygen atoms in total. The molecule has 0 aromatic heterocycles. The van der Waals surface area contributed by atoms with E-state index in [0.29, 0.717) is 17.0 Å². The molecule has 0 saturated heterocycles. The molecule has 0 aliphatic heterocycles. The van der Waals surface area contributed by atoms with E-state index >= 15 is 0 Å². The van der Waals surface area contributed by atoms with E-state index in [2.05, 4.69) is 10.6 Å². The van der Waals surface area contributed by atoms with Gasteiger partial charge in [0, 0.05) is 12.1 Å². The van der Waals surface area contributed by atoms with Crippen molar-refractivity contribution in [2.75, 3.05) is 19.0 Å². The van der Waals surface area contributed by atoms with E-state index in [1.54, 1.807) is 64.3 Å². The molecule has 0 fully saturated rings. The fraction of sp³-hybridized carbons (Fsp3) is 0.312. The first-order valence-electron chi connectivity index (χ1n) is 13.2. The van der Waals surface area contributed by atoms with Gasteiger partial charge in [-0.05, 0) is 63.1 Å². The van der Waals surface area contributed by atoms with Gasteiger partial charge in [-0.3, -0.25) is 9.59 Å². The Kier molecular flexibility index (Phi) is 10.5. The van der Waals surface area contributed by atoms with Crippen molar-refractivity contribution in [3.8, 4) is 11.8 Å². The van der Waals surface area contributed by atoms with Gasteiger partial charge in [0.1, 0.15) is 30.0 Å². The number of hydrogen-bond donors (Lipinski definition) is 2. The number of nitriles is 1. The van der Waals surface area contributed by atoms with Gasteiger partial charge in [0.15, 0.2) is 0 Å². The molecule has 2 atom stereocenters. The maximum Gasteiger partial charge on any atom is 0.408 e. The maximum absolute atomic E-state index is 14.2. The molecule has 3 amide bonds. The summed E-state index contributed by atoms with van der Waals surface area (Å²) in [5.74, 6) is -0.494. The van der Waals surface area contributed by atoms with Crippen molar-refractivity contribution in [1.29, 1.82) is 5.26 Å². The van der Waals surface area contributed by atoms with Crippen LogP contribution in [0.3, 0.4) is 0 Å². The molecule has 214 valence electrons. The van der Waals surface area contributed by atoms with Gasteiger partial charge in [0.2, 0.25) is 5.91 Å². The lowest BCUT2D eigenvalue weighted by Gasteiger charge is -2.33. The summed E-state index contributed by atoms with van der Waals surface area (Å²) in [4.78, 5) is 42.0.